The first-order valence-corrected chi connectivity index (χ1v) is 4.02. The first-order valence-electron chi connectivity index (χ1n) is 4.02. The predicted molar refractivity (Wildman–Crippen MR) is 52.2 cm³/mol. The molecule has 62 valence electrons. The third-order valence-electron chi connectivity index (χ3n) is 2.04. The number of aryl methyl sites for hydroxylation is 2. The van der Waals surface area contributed by atoms with Crippen LogP contribution in [0.25, 0.3) is 10.9 Å². The van der Waals surface area contributed by atoms with Gasteiger partial charge in [-0.2, -0.15) is 0 Å². The van der Waals surface area contributed by atoms with Crippen LogP contribution in [0.4, 0.5) is 5.69 Å². The van der Waals surface area contributed by atoms with E-state index in [4.69, 9.17) is 5.73 Å². The lowest BCUT2D eigenvalue weighted by Crippen LogP contribution is -1.87. The number of nitrogens with two attached hydrogens (primary N) is 1. The van der Waals surface area contributed by atoms with Crippen molar-refractivity contribution in [2.75, 3.05) is 5.73 Å². The molecule has 0 amide bonds. The van der Waals surface area contributed by atoms with E-state index in [-0.39, 0.29) is 0 Å². The Morgan fingerprint density at radius 2 is 1.92 bits per heavy atom. The van der Waals surface area contributed by atoms with Crippen molar-refractivity contribution in [1.82, 2.24) is 4.98 Å². The maximum Gasteiger partial charge on any atom is 0.0689 e. The Kier molecular flexibility index (Phi) is 1.37. The minimum absolute atomic E-state index is 0.832. The van der Waals surface area contributed by atoms with Gasteiger partial charge in [0.1, 0.15) is 0 Å². The Morgan fingerprint density at radius 3 is 2.67 bits per heavy atom. The minimum atomic E-state index is 0.832. The molecule has 3 N–H and O–H groups in total. The van der Waals surface area contributed by atoms with Crippen molar-refractivity contribution < 1.29 is 0 Å². The number of nitrogen functional groups attached to an aromatic ring is 1. The minimum Gasteiger partial charge on any atom is -0.397 e. The summed E-state index contributed by atoms with van der Waals surface area (Å²) < 4.78 is 0. The molecular formula is C10H12N2. The highest BCUT2D eigenvalue weighted by molar-refractivity contribution is 5.91. The molecule has 12 heavy (non-hydrogen) atoms. The molecule has 0 aliphatic rings. The van der Waals surface area contributed by atoms with Crippen LogP contribution in [-0.2, 0) is 0 Å². The summed E-state index contributed by atoms with van der Waals surface area (Å²) in [4.78, 5) is 3.23. The summed E-state index contributed by atoms with van der Waals surface area (Å²) in [6.07, 6.45) is 0. The SMILES string of the molecule is Cc1cc(N)c2[nH]c(C)cc2c1. The molecule has 0 unspecified atom stereocenters. The largest absolute Gasteiger partial charge is 0.397 e. The van der Waals surface area contributed by atoms with Gasteiger partial charge in [-0.05, 0) is 37.6 Å². The monoisotopic (exact) mass is 160 g/mol. The summed E-state index contributed by atoms with van der Waals surface area (Å²) >= 11 is 0. The van der Waals surface area contributed by atoms with E-state index in [9.17, 15) is 0 Å². The van der Waals surface area contributed by atoms with Gasteiger partial charge in [0.05, 0.1) is 11.2 Å². The van der Waals surface area contributed by atoms with Gasteiger partial charge in [0, 0.05) is 11.1 Å². The normalized spacial score (nSPS) is 10.8. The molecule has 0 spiro atoms. The first-order chi connectivity index (χ1) is 5.66. The second-order valence-electron chi connectivity index (χ2n) is 3.27. The van der Waals surface area contributed by atoms with Crippen LogP contribution >= 0.6 is 0 Å². The molecule has 0 aliphatic carbocycles. The molecular weight excluding hydrogens is 148 g/mol. The molecule has 0 saturated carbocycles. The molecule has 2 heteroatoms. The first kappa shape index (κ1) is 7.22. The van der Waals surface area contributed by atoms with Crippen molar-refractivity contribution in [3.63, 3.8) is 0 Å². The van der Waals surface area contributed by atoms with Crippen molar-refractivity contribution in [2.24, 2.45) is 0 Å². The Morgan fingerprint density at radius 1 is 1.17 bits per heavy atom. The van der Waals surface area contributed by atoms with Gasteiger partial charge in [-0.15, -0.1) is 0 Å². The Bertz CT molecular complexity index is 427. The highest BCUT2D eigenvalue weighted by Gasteiger charge is 2.01. The highest BCUT2D eigenvalue weighted by Crippen LogP contribution is 2.22. The lowest BCUT2D eigenvalue weighted by atomic mass is 10.1. The van der Waals surface area contributed by atoms with Crippen LogP contribution < -0.4 is 5.73 Å². The molecule has 1 aromatic carbocycles. The number of aromatic nitrogens is 1. The fourth-order valence-electron chi connectivity index (χ4n) is 1.57. The van der Waals surface area contributed by atoms with E-state index in [2.05, 4.69) is 24.0 Å². The molecule has 2 aromatic rings. The van der Waals surface area contributed by atoms with Crippen molar-refractivity contribution >= 4 is 16.6 Å². The fourth-order valence-corrected chi connectivity index (χ4v) is 1.57. The molecule has 0 fully saturated rings. The van der Waals surface area contributed by atoms with E-state index in [1.54, 1.807) is 0 Å². The van der Waals surface area contributed by atoms with E-state index in [1.807, 2.05) is 13.0 Å². The predicted octanol–water partition coefficient (Wildman–Crippen LogP) is 2.37. The number of aromatic amines is 1. The van der Waals surface area contributed by atoms with Gasteiger partial charge in [-0.3, -0.25) is 0 Å². The van der Waals surface area contributed by atoms with Crippen LogP contribution in [0.3, 0.4) is 0 Å². The van der Waals surface area contributed by atoms with Gasteiger partial charge in [0.15, 0.2) is 0 Å². The lowest BCUT2D eigenvalue weighted by molar-refractivity contribution is 1.30. The molecule has 2 nitrogen and oxygen atoms in total. The molecule has 0 atom stereocenters. The van der Waals surface area contributed by atoms with Gasteiger partial charge in [0.25, 0.3) is 0 Å². The summed E-state index contributed by atoms with van der Waals surface area (Å²) in [5.41, 5.74) is 10.1. The third-order valence-corrected chi connectivity index (χ3v) is 2.04. The number of rotatable bonds is 0. The Hall–Kier alpha value is -1.44. The summed E-state index contributed by atoms with van der Waals surface area (Å²) in [5, 5.41) is 1.20. The fraction of sp³-hybridized carbons (Fsp3) is 0.200. The molecule has 2 rings (SSSR count). The van der Waals surface area contributed by atoms with E-state index < -0.39 is 0 Å². The average molecular weight is 160 g/mol. The maximum absolute atomic E-state index is 5.84. The smallest absolute Gasteiger partial charge is 0.0689 e. The summed E-state index contributed by atoms with van der Waals surface area (Å²) in [6.45, 7) is 4.09. The van der Waals surface area contributed by atoms with Crippen LogP contribution in [0.15, 0.2) is 18.2 Å². The van der Waals surface area contributed by atoms with Gasteiger partial charge in [-0.1, -0.05) is 0 Å². The van der Waals surface area contributed by atoms with Crippen molar-refractivity contribution in [3.8, 4) is 0 Å². The second kappa shape index (κ2) is 2.27. The van der Waals surface area contributed by atoms with E-state index in [0.29, 0.717) is 0 Å². The number of hydrogen-bond donors (Lipinski definition) is 2. The zero-order valence-electron chi connectivity index (χ0n) is 7.31. The van der Waals surface area contributed by atoms with E-state index in [1.165, 1.54) is 10.9 Å². The number of anilines is 1. The van der Waals surface area contributed by atoms with Crippen LogP contribution in [-0.4, -0.2) is 4.98 Å². The van der Waals surface area contributed by atoms with Gasteiger partial charge < -0.3 is 10.7 Å². The number of fused-ring (bicyclic) bond motifs is 1. The van der Waals surface area contributed by atoms with Crippen molar-refractivity contribution in [3.05, 3.63) is 29.5 Å². The quantitative estimate of drug-likeness (QED) is 0.571. The summed E-state index contributed by atoms with van der Waals surface area (Å²) in [7, 11) is 0. The zero-order chi connectivity index (χ0) is 8.72. The Labute approximate surface area is 71.4 Å². The van der Waals surface area contributed by atoms with Crippen LogP contribution in [0, 0.1) is 13.8 Å². The second-order valence-corrected chi connectivity index (χ2v) is 3.27. The molecule has 0 bridgehead atoms. The highest BCUT2D eigenvalue weighted by atomic mass is 14.7. The number of nitrogens with one attached hydrogen (secondary N) is 1. The lowest BCUT2D eigenvalue weighted by Gasteiger charge is -1.97. The number of benzene rings is 1. The molecule has 0 saturated heterocycles. The molecule has 0 radical (unpaired) electrons. The van der Waals surface area contributed by atoms with Gasteiger partial charge in [0.2, 0.25) is 0 Å². The topological polar surface area (TPSA) is 41.8 Å². The van der Waals surface area contributed by atoms with Crippen LogP contribution in [0.2, 0.25) is 0 Å². The standard InChI is InChI=1S/C10H12N2/c1-6-3-8-5-7(2)12-10(8)9(11)4-6/h3-5,12H,11H2,1-2H3. The maximum atomic E-state index is 5.84. The van der Waals surface area contributed by atoms with Crippen LogP contribution in [0.1, 0.15) is 11.3 Å². The Balaban J connectivity index is 2.88. The average Bonchev–Trinajstić information content (AvgIpc) is 2.29. The molecule has 1 aromatic heterocycles. The van der Waals surface area contributed by atoms with E-state index >= 15 is 0 Å². The zero-order valence-corrected chi connectivity index (χ0v) is 7.31. The van der Waals surface area contributed by atoms with Gasteiger partial charge >= 0.3 is 0 Å². The van der Waals surface area contributed by atoms with Crippen molar-refractivity contribution in [2.45, 2.75) is 13.8 Å². The third kappa shape index (κ3) is 0.961. The molecule has 0 aliphatic heterocycles. The van der Waals surface area contributed by atoms with Crippen LogP contribution in [0.5, 0.6) is 0 Å². The number of H-pyrrole nitrogens is 1. The summed E-state index contributed by atoms with van der Waals surface area (Å²) in [5.74, 6) is 0. The number of hydrogen-bond acceptors (Lipinski definition) is 1. The van der Waals surface area contributed by atoms with E-state index in [0.717, 1.165) is 16.9 Å². The van der Waals surface area contributed by atoms with Gasteiger partial charge in [-0.25, -0.2) is 0 Å². The van der Waals surface area contributed by atoms with Crippen molar-refractivity contribution in [1.29, 1.82) is 0 Å². The molecule has 1 heterocycles. The summed E-state index contributed by atoms with van der Waals surface area (Å²) in [6, 6.07) is 6.23.